The van der Waals surface area contributed by atoms with Crippen LogP contribution in [0.4, 0.5) is 0 Å². The first-order valence-electron chi connectivity index (χ1n) is 5.96. The van der Waals surface area contributed by atoms with Crippen LogP contribution in [0.25, 0.3) is 0 Å². The molecule has 0 spiro atoms. The van der Waals surface area contributed by atoms with Gasteiger partial charge in [0.05, 0.1) is 5.54 Å². The molecule has 1 rings (SSSR count). The van der Waals surface area contributed by atoms with Gasteiger partial charge in [-0.15, -0.1) is 0 Å². The van der Waals surface area contributed by atoms with Crippen LogP contribution in [0.3, 0.4) is 0 Å². The van der Waals surface area contributed by atoms with Crippen molar-refractivity contribution in [2.75, 3.05) is 14.1 Å². The minimum atomic E-state index is -0.484. The van der Waals surface area contributed by atoms with Crippen molar-refractivity contribution in [1.82, 2.24) is 4.90 Å². The predicted octanol–water partition coefficient (Wildman–Crippen LogP) is 3.84. The molecule has 0 radical (unpaired) electrons. The zero-order valence-corrected chi connectivity index (χ0v) is 12.8. The van der Waals surface area contributed by atoms with Crippen molar-refractivity contribution >= 4 is 29.0 Å². The van der Waals surface area contributed by atoms with Gasteiger partial charge in [0.1, 0.15) is 0 Å². The average Bonchev–Trinajstić information content (AvgIpc) is 2.32. The highest BCUT2D eigenvalue weighted by molar-refractivity contribution is 6.36. The SMILES string of the molecule is CCC(C)(C(=O)Cc1c(Cl)cccc1Cl)N(C)C. The number of ketones is 1. The van der Waals surface area contributed by atoms with Gasteiger partial charge in [-0.1, -0.05) is 36.2 Å². The average molecular weight is 288 g/mol. The van der Waals surface area contributed by atoms with Crippen molar-refractivity contribution in [2.45, 2.75) is 32.2 Å². The number of rotatable bonds is 5. The molecule has 2 nitrogen and oxygen atoms in total. The Kier molecular flexibility index (Phi) is 5.20. The molecule has 4 heteroatoms. The number of likely N-dealkylation sites (N-methyl/N-ethyl adjacent to an activating group) is 1. The van der Waals surface area contributed by atoms with Crippen molar-refractivity contribution in [1.29, 1.82) is 0 Å². The fraction of sp³-hybridized carbons (Fsp3) is 0.500. The standard InChI is InChI=1S/C14H19Cl2NO/c1-5-14(2,17(3)4)13(18)9-10-11(15)7-6-8-12(10)16/h6-8H,5,9H2,1-4H3. The Hall–Kier alpha value is -0.570. The van der Waals surface area contributed by atoms with Crippen molar-refractivity contribution in [3.8, 4) is 0 Å². The van der Waals surface area contributed by atoms with Crippen LogP contribution in [0.5, 0.6) is 0 Å². The third kappa shape index (κ3) is 3.05. The lowest BCUT2D eigenvalue weighted by atomic mass is 9.88. The maximum Gasteiger partial charge on any atom is 0.157 e. The van der Waals surface area contributed by atoms with Gasteiger partial charge in [0.2, 0.25) is 0 Å². The highest BCUT2D eigenvalue weighted by Crippen LogP contribution is 2.28. The summed E-state index contributed by atoms with van der Waals surface area (Å²) in [5.74, 6) is 0.130. The second-order valence-corrected chi connectivity index (χ2v) is 5.64. The van der Waals surface area contributed by atoms with Crippen molar-refractivity contribution in [3.05, 3.63) is 33.8 Å². The molecule has 0 aliphatic carbocycles. The van der Waals surface area contributed by atoms with E-state index < -0.39 is 5.54 Å². The third-order valence-corrected chi connectivity index (χ3v) is 4.38. The fourth-order valence-electron chi connectivity index (χ4n) is 1.81. The quantitative estimate of drug-likeness (QED) is 0.820. The van der Waals surface area contributed by atoms with Crippen LogP contribution in [0.2, 0.25) is 10.0 Å². The van der Waals surface area contributed by atoms with E-state index in [1.807, 2.05) is 32.8 Å². The van der Waals surface area contributed by atoms with Crippen LogP contribution >= 0.6 is 23.2 Å². The number of nitrogens with zero attached hydrogens (tertiary/aromatic N) is 1. The lowest BCUT2D eigenvalue weighted by Crippen LogP contribution is -2.48. The van der Waals surface area contributed by atoms with E-state index >= 15 is 0 Å². The summed E-state index contributed by atoms with van der Waals surface area (Å²) in [4.78, 5) is 14.4. The molecule has 0 fully saturated rings. The number of carbonyl (C=O) groups excluding carboxylic acids is 1. The van der Waals surface area contributed by atoms with Gasteiger partial charge >= 0.3 is 0 Å². The number of halogens is 2. The summed E-state index contributed by atoms with van der Waals surface area (Å²) >= 11 is 12.2. The third-order valence-electron chi connectivity index (χ3n) is 3.68. The number of hydrogen-bond acceptors (Lipinski definition) is 2. The normalized spacial score (nSPS) is 14.6. The molecule has 1 unspecified atom stereocenters. The summed E-state index contributed by atoms with van der Waals surface area (Å²) in [6.07, 6.45) is 1.02. The summed E-state index contributed by atoms with van der Waals surface area (Å²) < 4.78 is 0. The second kappa shape index (κ2) is 6.05. The second-order valence-electron chi connectivity index (χ2n) is 4.82. The van der Waals surface area contributed by atoms with E-state index in [1.54, 1.807) is 18.2 Å². The van der Waals surface area contributed by atoms with Crippen LogP contribution in [0, 0.1) is 0 Å². The highest BCUT2D eigenvalue weighted by atomic mass is 35.5. The molecule has 0 heterocycles. The van der Waals surface area contributed by atoms with Gasteiger partial charge in [0.25, 0.3) is 0 Å². The minimum Gasteiger partial charge on any atom is -0.297 e. The zero-order valence-electron chi connectivity index (χ0n) is 11.3. The Balaban J connectivity index is 3.01. The van der Waals surface area contributed by atoms with Crippen LogP contribution in [-0.2, 0) is 11.2 Å². The largest absolute Gasteiger partial charge is 0.297 e. The molecule has 0 N–H and O–H groups in total. The molecule has 0 aromatic heterocycles. The first kappa shape index (κ1) is 15.5. The van der Waals surface area contributed by atoms with Crippen molar-refractivity contribution in [3.63, 3.8) is 0 Å². The first-order valence-corrected chi connectivity index (χ1v) is 6.72. The van der Waals surface area contributed by atoms with Crippen LogP contribution in [0.1, 0.15) is 25.8 Å². The molecule has 0 bridgehead atoms. The van der Waals surface area contributed by atoms with Crippen molar-refractivity contribution in [2.24, 2.45) is 0 Å². The molecule has 1 aromatic carbocycles. The zero-order chi connectivity index (χ0) is 13.9. The summed E-state index contributed by atoms with van der Waals surface area (Å²) in [6.45, 7) is 3.95. The molecule has 0 amide bonds. The van der Waals surface area contributed by atoms with E-state index in [0.29, 0.717) is 15.6 Å². The molecular formula is C14H19Cl2NO. The number of Topliss-reactive ketones (excluding diaryl/α,β-unsaturated/α-hetero) is 1. The predicted molar refractivity (Wildman–Crippen MR) is 77.6 cm³/mol. The van der Waals surface area contributed by atoms with Crippen molar-refractivity contribution < 1.29 is 4.79 Å². The Morgan fingerprint density at radius 2 is 1.78 bits per heavy atom. The number of hydrogen-bond donors (Lipinski definition) is 0. The van der Waals surface area contributed by atoms with E-state index in [0.717, 1.165) is 6.42 Å². The van der Waals surface area contributed by atoms with Gasteiger partial charge in [-0.25, -0.2) is 0 Å². The van der Waals surface area contributed by atoms with E-state index in [4.69, 9.17) is 23.2 Å². The molecular weight excluding hydrogens is 269 g/mol. The molecule has 1 aromatic rings. The van der Waals surface area contributed by atoms with E-state index in [1.165, 1.54) is 0 Å². The number of carbonyl (C=O) groups is 1. The van der Waals surface area contributed by atoms with Gasteiger partial charge in [-0.3, -0.25) is 9.69 Å². The Labute approximate surface area is 119 Å². The van der Waals surface area contributed by atoms with Gasteiger partial charge in [0, 0.05) is 16.5 Å². The first-order chi connectivity index (χ1) is 8.32. The monoisotopic (exact) mass is 287 g/mol. The molecule has 0 aliphatic rings. The Morgan fingerprint density at radius 3 is 2.17 bits per heavy atom. The van der Waals surface area contributed by atoms with E-state index in [-0.39, 0.29) is 12.2 Å². The Morgan fingerprint density at radius 1 is 1.28 bits per heavy atom. The Bertz CT molecular complexity index is 425. The maximum absolute atomic E-state index is 12.5. The number of benzene rings is 1. The summed E-state index contributed by atoms with van der Waals surface area (Å²) in [6, 6.07) is 5.30. The molecule has 18 heavy (non-hydrogen) atoms. The van der Waals surface area contributed by atoms with Crippen LogP contribution < -0.4 is 0 Å². The fourth-order valence-corrected chi connectivity index (χ4v) is 2.35. The summed E-state index contributed by atoms with van der Waals surface area (Å²) in [7, 11) is 3.82. The smallest absolute Gasteiger partial charge is 0.157 e. The van der Waals surface area contributed by atoms with Crippen LogP contribution in [-0.4, -0.2) is 30.3 Å². The minimum absolute atomic E-state index is 0.130. The summed E-state index contributed by atoms with van der Waals surface area (Å²) in [5, 5.41) is 1.10. The summed E-state index contributed by atoms with van der Waals surface area (Å²) in [5.41, 5.74) is 0.232. The van der Waals surface area contributed by atoms with E-state index in [9.17, 15) is 4.79 Å². The molecule has 0 saturated carbocycles. The maximum atomic E-state index is 12.5. The molecule has 100 valence electrons. The topological polar surface area (TPSA) is 20.3 Å². The molecule has 0 saturated heterocycles. The molecule has 1 atom stereocenters. The van der Waals surface area contributed by atoms with Crippen LogP contribution in [0.15, 0.2) is 18.2 Å². The lowest BCUT2D eigenvalue weighted by Gasteiger charge is -2.34. The highest BCUT2D eigenvalue weighted by Gasteiger charge is 2.33. The van der Waals surface area contributed by atoms with E-state index in [2.05, 4.69) is 0 Å². The molecule has 0 aliphatic heterocycles. The van der Waals surface area contributed by atoms with Gasteiger partial charge < -0.3 is 0 Å². The van der Waals surface area contributed by atoms with Gasteiger partial charge in [-0.05, 0) is 45.1 Å². The van der Waals surface area contributed by atoms with Gasteiger partial charge in [0.15, 0.2) is 5.78 Å². The van der Waals surface area contributed by atoms with Gasteiger partial charge in [-0.2, -0.15) is 0 Å². The lowest BCUT2D eigenvalue weighted by molar-refractivity contribution is -0.128.